The fourth-order valence-electron chi connectivity index (χ4n) is 1.33. The second kappa shape index (κ2) is 4.83. The van der Waals surface area contributed by atoms with Gasteiger partial charge in [0.15, 0.2) is 10.1 Å². The SMILES string of the molecule is Nc1nnc(SCc2cc(-c3ccco3)on2)s1. The standard InChI is InChI=1S/C10H8N4O2S2/c11-9-12-13-10(18-9)17-5-6-4-8(16-14-6)7-2-1-3-15-7/h1-4H,5H2,(H2,11,12). The molecular formula is C10H8N4O2S2. The molecular weight excluding hydrogens is 272 g/mol. The first kappa shape index (κ1) is 11.3. The van der Waals surface area contributed by atoms with E-state index in [1.807, 2.05) is 12.1 Å². The fraction of sp³-hybridized carbons (Fsp3) is 0.100. The maximum absolute atomic E-state index is 5.50. The largest absolute Gasteiger partial charge is 0.461 e. The van der Waals surface area contributed by atoms with Crippen LogP contribution < -0.4 is 5.73 Å². The highest BCUT2D eigenvalue weighted by Crippen LogP contribution is 2.28. The number of nitrogens with two attached hydrogens (primary N) is 1. The highest BCUT2D eigenvalue weighted by atomic mass is 32.2. The van der Waals surface area contributed by atoms with E-state index in [2.05, 4.69) is 15.4 Å². The average Bonchev–Trinajstić information content (AvgIpc) is 3.07. The van der Waals surface area contributed by atoms with E-state index in [9.17, 15) is 0 Å². The molecule has 3 rings (SSSR count). The van der Waals surface area contributed by atoms with Gasteiger partial charge >= 0.3 is 0 Å². The number of aromatic nitrogens is 3. The number of rotatable bonds is 4. The smallest absolute Gasteiger partial charge is 0.203 e. The molecule has 0 unspecified atom stereocenters. The molecule has 0 saturated heterocycles. The molecule has 0 spiro atoms. The molecule has 92 valence electrons. The van der Waals surface area contributed by atoms with Crippen LogP contribution >= 0.6 is 23.1 Å². The van der Waals surface area contributed by atoms with E-state index in [1.54, 1.807) is 12.3 Å². The van der Waals surface area contributed by atoms with Crippen molar-refractivity contribution in [2.45, 2.75) is 10.1 Å². The minimum atomic E-state index is 0.467. The van der Waals surface area contributed by atoms with Crippen molar-refractivity contribution in [3.8, 4) is 11.5 Å². The number of thioether (sulfide) groups is 1. The van der Waals surface area contributed by atoms with Crippen LogP contribution in [0.4, 0.5) is 5.13 Å². The molecule has 6 nitrogen and oxygen atoms in total. The van der Waals surface area contributed by atoms with Crippen molar-refractivity contribution in [3.63, 3.8) is 0 Å². The Labute approximate surface area is 110 Å². The second-order valence-electron chi connectivity index (χ2n) is 3.35. The minimum absolute atomic E-state index is 0.467. The number of furan rings is 1. The van der Waals surface area contributed by atoms with Crippen LogP contribution in [0.25, 0.3) is 11.5 Å². The van der Waals surface area contributed by atoms with Crippen LogP contribution in [-0.4, -0.2) is 15.4 Å². The molecule has 18 heavy (non-hydrogen) atoms. The van der Waals surface area contributed by atoms with E-state index in [4.69, 9.17) is 14.7 Å². The van der Waals surface area contributed by atoms with Crippen LogP contribution in [0, 0.1) is 0 Å². The topological polar surface area (TPSA) is 91.0 Å². The van der Waals surface area contributed by atoms with Crippen molar-refractivity contribution < 1.29 is 8.94 Å². The third-order valence-corrected chi connectivity index (χ3v) is 4.01. The molecule has 0 fully saturated rings. The summed E-state index contributed by atoms with van der Waals surface area (Å²) in [4.78, 5) is 0. The van der Waals surface area contributed by atoms with Gasteiger partial charge in [-0.05, 0) is 12.1 Å². The Kier molecular flexibility index (Phi) is 3.03. The maximum atomic E-state index is 5.50. The number of nitrogen functional groups attached to an aromatic ring is 1. The zero-order chi connectivity index (χ0) is 12.4. The zero-order valence-electron chi connectivity index (χ0n) is 9.07. The zero-order valence-corrected chi connectivity index (χ0v) is 10.7. The van der Waals surface area contributed by atoms with Crippen LogP contribution in [-0.2, 0) is 5.75 Å². The lowest BCUT2D eigenvalue weighted by molar-refractivity contribution is 0.413. The van der Waals surface area contributed by atoms with E-state index in [0.717, 1.165) is 10.0 Å². The van der Waals surface area contributed by atoms with Gasteiger partial charge in [-0.3, -0.25) is 0 Å². The molecule has 0 radical (unpaired) electrons. The van der Waals surface area contributed by atoms with Crippen LogP contribution in [0.3, 0.4) is 0 Å². The highest BCUT2D eigenvalue weighted by Gasteiger charge is 2.10. The van der Waals surface area contributed by atoms with E-state index in [1.165, 1.54) is 23.1 Å². The molecule has 2 N–H and O–H groups in total. The molecule has 3 heterocycles. The predicted molar refractivity (Wildman–Crippen MR) is 68.1 cm³/mol. The quantitative estimate of drug-likeness (QED) is 0.734. The molecule has 3 aromatic heterocycles. The summed E-state index contributed by atoms with van der Waals surface area (Å²) < 4.78 is 11.2. The van der Waals surface area contributed by atoms with E-state index >= 15 is 0 Å². The molecule has 0 aromatic carbocycles. The van der Waals surface area contributed by atoms with E-state index in [-0.39, 0.29) is 0 Å². The molecule has 0 aliphatic heterocycles. The van der Waals surface area contributed by atoms with Crippen molar-refractivity contribution >= 4 is 28.2 Å². The Hall–Kier alpha value is -1.80. The van der Waals surface area contributed by atoms with Gasteiger partial charge in [-0.1, -0.05) is 28.3 Å². The van der Waals surface area contributed by atoms with Gasteiger partial charge in [0.25, 0.3) is 0 Å². The van der Waals surface area contributed by atoms with Gasteiger partial charge in [0.05, 0.1) is 12.0 Å². The second-order valence-corrected chi connectivity index (χ2v) is 5.59. The lowest BCUT2D eigenvalue weighted by Crippen LogP contribution is -1.80. The van der Waals surface area contributed by atoms with Crippen molar-refractivity contribution in [2.75, 3.05) is 5.73 Å². The van der Waals surface area contributed by atoms with Crippen LogP contribution in [0.5, 0.6) is 0 Å². The minimum Gasteiger partial charge on any atom is -0.461 e. The number of hydrogen-bond acceptors (Lipinski definition) is 8. The summed E-state index contributed by atoms with van der Waals surface area (Å²) in [6.45, 7) is 0. The molecule has 0 atom stereocenters. The van der Waals surface area contributed by atoms with Gasteiger partial charge in [-0.15, -0.1) is 10.2 Å². The number of nitrogens with zero attached hydrogens (tertiary/aromatic N) is 3. The normalized spacial score (nSPS) is 10.9. The van der Waals surface area contributed by atoms with Crippen molar-refractivity contribution in [1.29, 1.82) is 0 Å². The van der Waals surface area contributed by atoms with Crippen LogP contribution in [0.15, 0.2) is 37.7 Å². The van der Waals surface area contributed by atoms with Crippen LogP contribution in [0.2, 0.25) is 0 Å². The highest BCUT2D eigenvalue weighted by molar-refractivity contribution is 8.00. The summed E-state index contributed by atoms with van der Waals surface area (Å²) in [5.41, 5.74) is 6.32. The van der Waals surface area contributed by atoms with E-state index < -0.39 is 0 Å². The van der Waals surface area contributed by atoms with Gasteiger partial charge in [-0.25, -0.2) is 0 Å². The Bertz CT molecular complexity index is 632. The molecule has 8 heteroatoms. The number of anilines is 1. The third kappa shape index (κ3) is 2.39. The summed E-state index contributed by atoms with van der Waals surface area (Å²) in [5, 5.41) is 12.1. The molecule has 3 aromatic rings. The van der Waals surface area contributed by atoms with Gasteiger partial charge in [-0.2, -0.15) is 0 Å². The van der Waals surface area contributed by atoms with E-state index in [0.29, 0.717) is 22.4 Å². The maximum Gasteiger partial charge on any atom is 0.203 e. The Morgan fingerprint density at radius 1 is 1.33 bits per heavy atom. The van der Waals surface area contributed by atoms with Crippen LogP contribution in [0.1, 0.15) is 5.69 Å². The van der Waals surface area contributed by atoms with Crippen molar-refractivity contribution in [1.82, 2.24) is 15.4 Å². The fourth-order valence-corrected chi connectivity index (χ4v) is 2.85. The first-order valence-corrected chi connectivity index (χ1v) is 6.83. The lowest BCUT2D eigenvalue weighted by Gasteiger charge is -1.89. The summed E-state index contributed by atoms with van der Waals surface area (Å²) in [5.74, 6) is 1.94. The molecule has 0 aliphatic carbocycles. The lowest BCUT2D eigenvalue weighted by atomic mass is 10.3. The van der Waals surface area contributed by atoms with Gasteiger partial charge in [0.1, 0.15) is 0 Å². The molecule has 0 amide bonds. The average molecular weight is 280 g/mol. The third-order valence-electron chi connectivity index (χ3n) is 2.09. The van der Waals surface area contributed by atoms with Gasteiger partial charge < -0.3 is 14.7 Å². The van der Waals surface area contributed by atoms with Gasteiger partial charge in [0.2, 0.25) is 10.9 Å². The molecule has 0 saturated carbocycles. The summed E-state index contributed by atoms with van der Waals surface area (Å²) >= 11 is 2.87. The Morgan fingerprint density at radius 2 is 2.28 bits per heavy atom. The van der Waals surface area contributed by atoms with Crippen molar-refractivity contribution in [2.24, 2.45) is 0 Å². The number of hydrogen-bond donors (Lipinski definition) is 1. The summed E-state index contributed by atoms with van der Waals surface area (Å²) in [6.07, 6.45) is 1.59. The van der Waals surface area contributed by atoms with Gasteiger partial charge in [0, 0.05) is 11.8 Å². The first-order chi connectivity index (χ1) is 8.81. The Balaban J connectivity index is 1.67. The predicted octanol–water partition coefficient (Wildman–Crippen LogP) is 2.66. The monoisotopic (exact) mass is 280 g/mol. The summed E-state index contributed by atoms with van der Waals surface area (Å²) in [6, 6.07) is 5.47. The Morgan fingerprint density at radius 3 is 3.00 bits per heavy atom. The molecule has 0 bridgehead atoms. The van der Waals surface area contributed by atoms with Crippen molar-refractivity contribution in [3.05, 3.63) is 30.2 Å². The summed E-state index contributed by atoms with van der Waals surface area (Å²) in [7, 11) is 0. The molecule has 0 aliphatic rings. The first-order valence-electron chi connectivity index (χ1n) is 5.02.